The minimum Gasteiger partial charge on any atom is -0.350 e. The fourth-order valence-electron chi connectivity index (χ4n) is 1.29. The van der Waals surface area contributed by atoms with Gasteiger partial charge in [0.2, 0.25) is 0 Å². The van der Waals surface area contributed by atoms with Crippen molar-refractivity contribution in [1.29, 1.82) is 0 Å². The van der Waals surface area contributed by atoms with Crippen LogP contribution in [0.1, 0.15) is 0 Å². The van der Waals surface area contributed by atoms with Crippen LogP contribution in [-0.2, 0) is 0 Å². The number of nitrogens with zero attached hydrogens (tertiary/aromatic N) is 2. The van der Waals surface area contributed by atoms with Gasteiger partial charge in [0.15, 0.2) is 0 Å². The molecule has 2 heterocycles. The van der Waals surface area contributed by atoms with Gasteiger partial charge < -0.3 is 10.3 Å². The summed E-state index contributed by atoms with van der Waals surface area (Å²) in [6.45, 7) is 3.79. The van der Waals surface area contributed by atoms with Gasteiger partial charge in [0, 0.05) is 12.4 Å². The molecule has 16 heavy (non-hydrogen) atoms. The van der Waals surface area contributed by atoms with Gasteiger partial charge in [-0.2, -0.15) is 0 Å². The van der Waals surface area contributed by atoms with E-state index in [0.717, 1.165) is 11.7 Å². The van der Waals surface area contributed by atoms with Crippen molar-refractivity contribution in [3.63, 3.8) is 0 Å². The van der Waals surface area contributed by atoms with Crippen LogP contribution in [0, 0.1) is 0 Å². The van der Waals surface area contributed by atoms with Crippen LogP contribution in [0.4, 0.5) is 5.82 Å². The van der Waals surface area contributed by atoms with Crippen molar-refractivity contribution in [3.05, 3.63) is 48.7 Å². The van der Waals surface area contributed by atoms with Gasteiger partial charge in [0.1, 0.15) is 12.0 Å². The predicted molar refractivity (Wildman–Crippen MR) is 68.4 cm³/mol. The molecule has 1 aromatic heterocycles. The van der Waals surface area contributed by atoms with Crippen molar-refractivity contribution in [2.45, 2.75) is 6.17 Å². The third-order valence-electron chi connectivity index (χ3n) is 2.06. The highest BCUT2D eigenvalue weighted by molar-refractivity contribution is 8.02. The second-order valence-electron chi connectivity index (χ2n) is 3.25. The molecular formula is C11H14N4S. The van der Waals surface area contributed by atoms with Gasteiger partial charge >= 0.3 is 0 Å². The van der Waals surface area contributed by atoms with Crippen molar-refractivity contribution in [2.75, 3.05) is 11.2 Å². The Morgan fingerprint density at radius 2 is 2.50 bits per heavy atom. The van der Waals surface area contributed by atoms with Crippen molar-refractivity contribution >= 4 is 17.6 Å². The minimum atomic E-state index is -0.0294. The maximum Gasteiger partial charge on any atom is 0.127 e. The topological polar surface area (TPSA) is 40.2 Å². The molecule has 1 atom stereocenters. The van der Waals surface area contributed by atoms with Gasteiger partial charge in [-0.3, -0.25) is 0 Å². The number of pyridine rings is 1. The van der Waals surface area contributed by atoms with Gasteiger partial charge in [-0.05, 0) is 17.5 Å². The third-order valence-corrected chi connectivity index (χ3v) is 2.80. The molecule has 0 amide bonds. The number of hydrogen-bond acceptors (Lipinski definition) is 5. The zero-order valence-electron chi connectivity index (χ0n) is 8.84. The lowest BCUT2D eigenvalue weighted by Crippen LogP contribution is -2.43. The number of anilines is 1. The van der Waals surface area contributed by atoms with E-state index >= 15 is 0 Å². The second-order valence-corrected chi connectivity index (χ2v) is 4.12. The standard InChI is InChI=1S/C11H14N4S/c1-2-10(14-15-7-8-16-9-15)13-11-5-3-4-6-12-11/h2-8,10,14H,1,9H2,(H,12,13). The molecule has 0 aliphatic carbocycles. The van der Waals surface area contributed by atoms with E-state index in [0.29, 0.717) is 0 Å². The van der Waals surface area contributed by atoms with Gasteiger partial charge in [-0.25, -0.2) is 10.4 Å². The lowest BCUT2D eigenvalue weighted by atomic mass is 10.4. The van der Waals surface area contributed by atoms with Crippen LogP contribution in [0.2, 0.25) is 0 Å². The van der Waals surface area contributed by atoms with Crippen LogP contribution in [0.3, 0.4) is 0 Å². The molecule has 4 nitrogen and oxygen atoms in total. The number of rotatable bonds is 5. The van der Waals surface area contributed by atoms with Crippen molar-refractivity contribution in [1.82, 2.24) is 15.4 Å². The summed E-state index contributed by atoms with van der Waals surface area (Å²) >= 11 is 1.75. The van der Waals surface area contributed by atoms with E-state index in [2.05, 4.69) is 22.3 Å². The van der Waals surface area contributed by atoms with E-state index < -0.39 is 0 Å². The highest BCUT2D eigenvalue weighted by Gasteiger charge is 2.09. The molecule has 1 aliphatic rings. The summed E-state index contributed by atoms with van der Waals surface area (Å²) in [6.07, 6.45) is 5.54. The fraction of sp³-hybridized carbons (Fsp3) is 0.182. The van der Waals surface area contributed by atoms with Gasteiger partial charge in [0.25, 0.3) is 0 Å². The average molecular weight is 234 g/mol. The van der Waals surface area contributed by atoms with E-state index in [1.165, 1.54) is 0 Å². The summed E-state index contributed by atoms with van der Waals surface area (Å²) in [4.78, 5) is 4.20. The van der Waals surface area contributed by atoms with Gasteiger partial charge in [-0.1, -0.05) is 18.7 Å². The van der Waals surface area contributed by atoms with Crippen LogP contribution in [0.15, 0.2) is 48.7 Å². The van der Waals surface area contributed by atoms with Crippen molar-refractivity contribution in [2.24, 2.45) is 0 Å². The van der Waals surface area contributed by atoms with Crippen LogP contribution < -0.4 is 10.7 Å². The summed E-state index contributed by atoms with van der Waals surface area (Å²) in [5, 5.41) is 7.29. The Kier molecular flexibility index (Phi) is 3.85. The summed E-state index contributed by atoms with van der Waals surface area (Å²) in [5.41, 5.74) is 3.27. The predicted octanol–water partition coefficient (Wildman–Crippen LogP) is 1.99. The first kappa shape index (κ1) is 11.0. The second kappa shape index (κ2) is 5.58. The Balaban J connectivity index is 1.90. The highest BCUT2D eigenvalue weighted by atomic mass is 32.2. The molecule has 0 saturated carbocycles. The zero-order chi connectivity index (χ0) is 11.2. The largest absolute Gasteiger partial charge is 0.350 e. The molecule has 2 N–H and O–H groups in total. The molecule has 0 saturated heterocycles. The molecule has 1 unspecified atom stereocenters. The van der Waals surface area contributed by atoms with E-state index in [9.17, 15) is 0 Å². The van der Waals surface area contributed by atoms with Crippen LogP contribution >= 0.6 is 11.8 Å². The van der Waals surface area contributed by atoms with E-state index in [1.54, 1.807) is 18.0 Å². The van der Waals surface area contributed by atoms with E-state index in [-0.39, 0.29) is 6.17 Å². The fourth-order valence-corrected chi connectivity index (χ4v) is 1.93. The third kappa shape index (κ3) is 3.01. The van der Waals surface area contributed by atoms with Crippen molar-refractivity contribution < 1.29 is 0 Å². The van der Waals surface area contributed by atoms with Crippen molar-refractivity contribution in [3.8, 4) is 0 Å². The van der Waals surface area contributed by atoms with Gasteiger partial charge in [-0.15, -0.1) is 11.8 Å². The molecule has 5 heteroatoms. The lowest BCUT2D eigenvalue weighted by molar-refractivity contribution is 0.303. The molecule has 0 radical (unpaired) electrons. The summed E-state index contributed by atoms with van der Waals surface area (Å²) < 4.78 is 0. The quantitative estimate of drug-likeness (QED) is 0.602. The smallest absolute Gasteiger partial charge is 0.127 e. The molecule has 0 aromatic carbocycles. The number of hydrazine groups is 1. The molecule has 1 aromatic rings. The Morgan fingerprint density at radius 3 is 3.12 bits per heavy atom. The number of thioether (sulfide) groups is 1. The summed E-state index contributed by atoms with van der Waals surface area (Å²) in [6, 6.07) is 5.76. The SMILES string of the molecule is C=CC(Nc1ccccn1)NN1C=CSC1. The van der Waals surface area contributed by atoms with Crippen LogP contribution in [0.25, 0.3) is 0 Å². The van der Waals surface area contributed by atoms with Crippen LogP contribution in [-0.4, -0.2) is 22.0 Å². The maximum atomic E-state index is 4.20. The molecule has 84 valence electrons. The first-order chi connectivity index (χ1) is 7.88. The zero-order valence-corrected chi connectivity index (χ0v) is 9.65. The molecular weight excluding hydrogens is 220 g/mol. The number of nitrogens with one attached hydrogen (secondary N) is 2. The summed E-state index contributed by atoms with van der Waals surface area (Å²) in [5.74, 6) is 1.74. The lowest BCUT2D eigenvalue weighted by Gasteiger charge is -2.23. The molecule has 1 aliphatic heterocycles. The Morgan fingerprint density at radius 1 is 1.56 bits per heavy atom. The van der Waals surface area contributed by atoms with Crippen LogP contribution in [0.5, 0.6) is 0 Å². The summed E-state index contributed by atoms with van der Waals surface area (Å²) in [7, 11) is 0. The Hall–Kier alpha value is -1.46. The maximum absolute atomic E-state index is 4.20. The van der Waals surface area contributed by atoms with Gasteiger partial charge in [0.05, 0.1) is 5.88 Å². The first-order valence-corrected chi connectivity index (χ1v) is 6.04. The number of hydrogen-bond donors (Lipinski definition) is 2. The molecule has 0 spiro atoms. The minimum absolute atomic E-state index is 0.0294. The van der Waals surface area contributed by atoms with E-state index in [4.69, 9.17) is 0 Å². The highest BCUT2D eigenvalue weighted by Crippen LogP contribution is 2.13. The average Bonchev–Trinajstić information content (AvgIpc) is 2.82. The molecule has 0 fully saturated rings. The monoisotopic (exact) mass is 234 g/mol. The normalized spacial score (nSPS) is 16.1. The molecule has 2 rings (SSSR count). The first-order valence-electron chi connectivity index (χ1n) is 5.00. The van der Waals surface area contributed by atoms with E-state index in [1.807, 2.05) is 40.9 Å². The Bertz CT molecular complexity index is 366. The Labute approximate surface area is 99.4 Å². The molecule has 0 bridgehead atoms. The number of aromatic nitrogens is 1.